The van der Waals surface area contributed by atoms with Crippen LogP contribution in [0.25, 0.3) is 6.08 Å². The zero-order valence-electron chi connectivity index (χ0n) is 19.2. The first-order valence-electron chi connectivity index (χ1n) is 11.2. The number of aromatic nitrogens is 3. The minimum Gasteiger partial charge on any atom is -0.496 e. The highest BCUT2D eigenvalue weighted by molar-refractivity contribution is 5.94. The van der Waals surface area contributed by atoms with Crippen molar-refractivity contribution in [2.75, 3.05) is 26.7 Å². The van der Waals surface area contributed by atoms with Crippen molar-refractivity contribution in [1.82, 2.24) is 25.0 Å². The quantitative estimate of drug-likeness (QED) is 0.575. The molecule has 0 radical (unpaired) electrons. The van der Waals surface area contributed by atoms with Crippen molar-refractivity contribution in [3.63, 3.8) is 0 Å². The van der Waals surface area contributed by atoms with Crippen molar-refractivity contribution >= 4 is 12.0 Å². The molecule has 34 heavy (non-hydrogen) atoms. The van der Waals surface area contributed by atoms with Gasteiger partial charge in [-0.15, -0.1) is 10.2 Å². The lowest BCUT2D eigenvalue weighted by atomic mass is 10.1. The van der Waals surface area contributed by atoms with E-state index < -0.39 is 23.6 Å². The molecule has 0 saturated carbocycles. The standard InChI is InChI=1S/C25H27F2N5O2/c1-17(28-25(33)20-16-19(26)9-10-21(20)27)24-30-29-23-11-13-31(14-15-32(23)24)12-5-7-18-6-3-4-8-22(18)34-2/h3-10,16-17H,11-15H2,1-2H3,(H,28,33)/b7-5+/t17-/m1/s1. The van der Waals surface area contributed by atoms with Gasteiger partial charge in [-0.05, 0) is 31.2 Å². The van der Waals surface area contributed by atoms with Gasteiger partial charge in [-0.25, -0.2) is 8.78 Å². The maximum absolute atomic E-state index is 14.0. The average Bonchev–Trinajstić information content (AvgIpc) is 3.14. The number of ether oxygens (including phenoxy) is 1. The Kier molecular flexibility index (Phi) is 7.32. The molecular weight excluding hydrogens is 440 g/mol. The topological polar surface area (TPSA) is 72.3 Å². The molecule has 1 atom stereocenters. The molecule has 1 aliphatic rings. The summed E-state index contributed by atoms with van der Waals surface area (Å²) in [7, 11) is 1.66. The molecule has 2 aromatic carbocycles. The van der Waals surface area contributed by atoms with Crippen LogP contribution in [0.5, 0.6) is 5.75 Å². The molecule has 0 saturated heterocycles. The Hall–Kier alpha value is -3.59. The third-order valence-corrected chi connectivity index (χ3v) is 5.86. The lowest BCUT2D eigenvalue weighted by Gasteiger charge is -2.18. The fraction of sp³-hybridized carbons (Fsp3) is 0.320. The second-order valence-corrected chi connectivity index (χ2v) is 8.14. The molecule has 7 nitrogen and oxygen atoms in total. The summed E-state index contributed by atoms with van der Waals surface area (Å²) in [6, 6.07) is 10.1. The summed E-state index contributed by atoms with van der Waals surface area (Å²) in [5.41, 5.74) is 0.689. The van der Waals surface area contributed by atoms with Crippen molar-refractivity contribution in [3.05, 3.63) is 83.0 Å². The highest BCUT2D eigenvalue weighted by Gasteiger charge is 2.23. The number of nitrogens with zero attached hydrogens (tertiary/aromatic N) is 4. The number of para-hydroxylation sites is 1. The van der Waals surface area contributed by atoms with E-state index in [0.29, 0.717) is 18.8 Å². The zero-order valence-corrected chi connectivity index (χ0v) is 19.2. The van der Waals surface area contributed by atoms with Gasteiger partial charge in [0.15, 0.2) is 5.82 Å². The molecule has 9 heteroatoms. The van der Waals surface area contributed by atoms with Gasteiger partial charge in [0.25, 0.3) is 5.91 Å². The van der Waals surface area contributed by atoms with Gasteiger partial charge in [0.1, 0.15) is 23.2 Å². The van der Waals surface area contributed by atoms with Crippen LogP contribution in [0, 0.1) is 11.6 Å². The van der Waals surface area contributed by atoms with Gasteiger partial charge < -0.3 is 14.6 Å². The van der Waals surface area contributed by atoms with Crippen LogP contribution in [0.4, 0.5) is 8.78 Å². The number of nitrogens with one attached hydrogen (secondary N) is 1. The molecule has 3 aromatic rings. The highest BCUT2D eigenvalue weighted by atomic mass is 19.1. The largest absolute Gasteiger partial charge is 0.496 e. The van der Waals surface area contributed by atoms with E-state index in [2.05, 4.69) is 32.6 Å². The smallest absolute Gasteiger partial charge is 0.254 e. The van der Waals surface area contributed by atoms with Gasteiger partial charge in [-0.3, -0.25) is 9.69 Å². The van der Waals surface area contributed by atoms with Gasteiger partial charge in [0.05, 0.1) is 18.7 Å². The third-order valence-electron chi connectivity index (χ3n) is 5.86. The summed E-state index contributed by atoms with van der Waals surface area (Å²) in [4.78, 5) is 14.8. The van der Waals surface area contributed by atoms with E-state index in [9.17, 15) is 13.6 Å². The minimum absolute atomic E-state index is 0.338. The fourth-order valence-corrected chi connectivity index (χ4v) is 4.04. The van der Waals surface area contributed by atoms with Crippen LogP contribution in [0.15, 0.2) is 48.5 Å². The van der Waals surface area contributed by atoms with Gasteiger partial charge in [0.2, 0.25) is 0 Å². The van der Waals surface area contributed by atoms with Crippen LogP contribution in [0.2, 0.25) is 0 Å². The Morgan fingerprint density at radius 2 is 2.00 bits per heavy atom. The second-order valence-electron chi connectivity index (χ2n) is 8.14. The van der Waals surface area contributed by atoms with Crippen molar-refractivity contribution in [3.8, 4) is 5.75 Å². The number of carbonyl (C=O) groups is 1. The normalized spacial score (nSPS) is 15.1. The van der Waals surface area contributed by atoms with Crippen LogP contribution in [-0.4, -0.2) is 52.3 Å². The summed E-state index contributed by atoms with van der Waals surface area (Å²) in [6.07, 6.45) is 4.88. The Balaban J connectivity index is 1.38. The summed E-state index contributed by atoms with van der Waals surface area (Å²) in [5.74, 6) is 0.118. The summed E-state index contributed by atoms with van der Waals surface area (Å²) in [5, 5.41) is 11.3. The van der Waals surface area contributed by atoms with Crippen LogP contribution >= 0.6 is 0 Å². The summed E-state index contributed by atoms with van der Waals surface area (Å²) in [6.45, 7) is 4.80. The van der Waals surface area contributed by atoms with Gasteiger partial charge in [-0.2, -0.15) is 0 Å². The zero-order chi connectivity index (χ0) is 24.1. The monoisotopic (exact) mass is 467 g/mol. The highest BCUT2D eigenvalue weighted by Crippen LogP contribution is 2.20. The van der Waals surface area contributed by atoms with Gasteiger partial charge in [0, 0.05) is 38.2 Å². The molecule has 0 unspecified atom stereocenters. The van der Waals surface area contributed by atoms with E-state index in [1.54, 1.807) is 14.0 Å². The molecule has 1 amide bonds. The number of carbonyl (C=O) groups excluding carboxylic acids is 1. The molecule has 0 fully saturated rings. The molecule has 4 rings (SSSR count). The molecule has 178 valence electrons. The van der Waals surface area contributed by atoms with Gasteiger partial charge in [-0.1, -0.05) is 30.4 Å². The second kappa shape index (κ2) is 10.6. The number of methoxy groups -OCH3 is 1. The predicted molar refractivity (Wildman–Crippen MR) is 124 cm³/mol. The molecule has 2 heterocycles. The number of halogens is 2. The number of amides is 1. The Labute approximate surface area is 197 Å². The molecule has 1 aliphatic heterocycles. The SMILES string of the molecule is COc1ccccc1/C=C/CN1CCc2nnc([C@@H](C)NC(=O)c3cc(F)ccc3F)n2CC1. The molecule has 0 bridgehead atoms. The van der Waals surface area contributed by atoms with Crippen LogP contribution < -0.4 is 10.1 Å². The van der Waals surface area contributed by atoms with E-state index in [1.165, 1.54) is 0 Å². The number of rotatable bonds is 7. The van der Waals surface area contributed by atoms with E-state index in [1.807, 2.05) is 28.8 Å². The Bertz CT molecular complexity index is 1190. The first kappa shape index (κ1) is 23.6. The molecular formula is C25H27F2N5O2. The molecule has 0 spiro atoms. The third kappa shape index (κ3) is 5.31. The number of benzene rings is 2. The van der Waals surface area contributed by atoms with Crippen LogP contribution in [0.3, 0.4) is 0 Å². The van der Waals surface area contributed by atoms with E-state index >= 15 is 0 Å². The van der Waals surface area contributed by atoms with Crippen molar-refractivity contribution in [2.45, 2.75) is 25.9 Å². The van der Waals surface area contributed by atoms with Crippen molar-refractivity contribution in [1.29, 1.82) is 0 Å². The molecule has 1 aromatic heterocycles. The Morgan fingerprint density at radius 1 is 1.18 bits per heavy atom. The maximum Gasteiger partial charge on any atom is 0.254 e. The Morgan fingerprint density at radius 3 is 2.82 bits per heavy atom. The molecule has 1 N–H and O–H groups in total. The van der Waals surface area contributed by atoms with Crippen molar-refractivity contribution in [2.24, 2.45) is 0 Å². The van der Waals surface area contributed by atoms with Crippen LogP contribution in [-0.2, 0) is 13.0 Å². The maximum atomic E-state index is 14.0. The number of hydrogen-bond acceptors (Lipinski definition) is 5. The van der Waals surface area contributed by atoms with Gasteiger partial charge >= 0.3 is 0 Å². The van der Waals surface area contributed by atoms with Crippen LogP contribution in [0.1, 0.15) is 40.5 Å². The van der Waals surface area contributed by atoms with E-state index in [4.69, 9.17) is 4.74 Å². The van der Waals surface area contributed by atoms with E-state index in [-0.39, 0.29) is 5.56 Å². The summed E-state index contributed by atoms with van der Waals surface area (Å²) >= 11 is 0. The number of hydrogen-bond donors (Lipinski definition) is 1. The van der Waals surface area contributed by atoms with E-state index in [0.717, 1.165) is 55.0 Å². The first-order chi connectivity index (χ1) is 16.5. The lowest BCUT2D eigenvalue weighted by molar-refractivity contribution is 0.0933. The predicted octanol–water partition coefficient (Wildman–Crippen LogP) is 3.63. The minimum atomic E-state index is -0.775. The average molecular weight is 468 g/mol. The van der Waals surface area contributed by atoms with Crippen molar-refractivity contribution < 1.29 is 18.3 Å². The molecule has 0 aliphatic carbocycles. The fourth-order valence-electron chi connectivity index (χ4n) is 4.04. The number of fused-ring (bicyclic) bond motifs is 1. The summed E-state index contributed by atoms with van der Waals surface area (Å²) < 4.78 is 34.8. The lowest BCUT2D eigenvalue weighted by Crippen LogP contribution is -2.31. The first-order valence-corrected chi connectivity index (χ1v) is 11.2.